The van der Waals surface area contributed by atoms with Crippen LogP contribution in [-0.2, 0) is 4.74 Å². The minimum atomic E-state index is -0.522. The summed E-state index contributed by atoms with van der Waals surface area (Å²) in [4.78, 5) is 14.1. The van der Waals surface area contributed by atoms with Crippen molar-refractivity contribution in [2.75, 3.05) is 19.7 Å². The normalized spacial score (nSPS) is 18.0. The maximum Gasteiger partial charge on any atom is 0.254 e. The summed E-state index contributed by atoms with van der Waals surface area (Å²) in [5.41, 5.74) is 0.677. The molecule has 0 saturated carbocycles. The van der Waals surface area contributed by atoms with Gasteiger partial charge in [-0.15, -0.1) is 0 Å². The Bertz CT molecular complexity index is 718. The summed E-state index contributed by atoms with van der Waals surface area (Å²) in [6.45, 7) is 0.924. The fourth-order valence-electron chi connectivity index (χ4n) is 2.62. The Morgan fingerprint density at radius 1 is 1.22 bits per heavy atom. The molecule has 1 aliphatic rings. The van der Waals surface area contributed by atoms with Gasteiger partial charge in [0, 0.05) is 22.1 Å². The van der Waals surface area contributed by atoms with Crippen molar-refractivity contribution in [1.29, 1.82) is 0 Å². The summed E-state index contributed by atoms with van der Waals surface area (Å²) < 4.78 is 33.5. The van der Waals surface area contributed by atoms with E-state index in [1.54, 1.807) is 29.2 Å². The average Bonchev–Trinajstić information content (AvgIpc) is 2.54. The van der Waals surface area contributed by atoms with Gasteiger partial charge < -0.3 is 9.64 Å². The van der Waals surface area contributed by atoms with Crippen LogP contribution < -0.4 is 0 Å². The van der Waals surface area contributed by atoms with E-state index in [4.69, 9.17) is 4.74 Å². The van der Waals surface area contributed by atoms with E-state index in [2.05, 4.69) is 15.9 Å². The summed E-state index contributed by atoms with van der Waals surface area (Å²) in [7, 11) is 0. The van der Waals surface area contributed by atoms with Gasteiger partial charge in [0.1, 0.15) is 17.7 Å². The van der Waals surface area contributed by atoms with Crippen LogP contribution in [0.2, 0.25) is 0 Å². The van der Waals surface area contributed by atoms with E-state index in [0.717, 1.165) is 0 Å². The highest BCUT2D eigenvalue weighted by molar-refractivity contribution is 9.10. The van der Waals surface area contributed by atoms with E-state index >= 15 is 0 Å². The molecule has 0 radical (unpaired) electrons. The molecule has 1 fully saturated rings. The van der Waals surface area contributed by atoms with Crippen LogP contribution in [-0.4, -0.2) is 30.5 Å². The van der Waals surface area contributed by atoms with Crippen molar-refractivity contribution in [2.45, 2.75) is 6.10 Å². The van der Waals surface area contributed by atoms with Crippen molar-refractivity contribution in [2.24, 2.45) is 0 Å². The summed E-state index contributed by atoms with van der Waals surface area (Å²) >= 11 is 3.18. The van der Waals surface area contributed by atoms with Crippen LogP contribution in [0.4, 0.5) is 8.78 Å². The highest BCUT2D eigenvalue weighted by Gasteiger charge is 2.28. The molecule has 120 valence electrons. The molecular formula is C17H14BrF2NO2. The summed E-state index contributed by atoms with van der Waals surface area (Å²) in [6.07, 6.45) is -0.522. The second-order valence-electron chi connectivity index (χ2n) is 5.29. The van der Waals surface area contributed by atoms with E-state index in [1.807, 2.05) is 0 Å². The van der Waals surface area contributed by atoms with Crippen LogP contribution in [0.1, 0.15) is 22.0 Å². The lowest BCUT2D eigenvalue weighted by Gasteiger charge is -2.33. The van der Waals surface area contributed by atoms with Gasteiger partial charge in [0.15, 0.2) is 0 Å². The molecule has 0 aromatic heterocycles. The van der Waals surface area contributed by atoms with Crippen LogP contribution >= 0.6 is 15.9 Å². The Morgan fingerprint density at radius 3 is 2.74 bits per heavy atom. The van der Waals surface area contributed by atoms with Crippen LogP contribution in [0.15, 0.2) is 46.9 Å². The summed E-state index contributed by atoms with van der Waals surface area (Å²) in [5.74, 6) is -1.14. The topological polar surface area (TPSA) is 29.5 Å². The molecule has 0 aliphatic carbocycles. The lowest BCUT2D eigenvalue weighted by molar-refractivity contribution is -0.0243. The van der Waals surface area contributed by atoms with Gasteiger partial charge >= 0.3 is 0 Å². The monoisotopic (exact) mass is 381 g/mol. The molecule has 2 aromatic carbocycles. The van der Waals surface area contributed by atoms with E-state index in [9.17, 15) is 13.6 Å². The third kappa shape index (κ3) is 3.59. The molecule has 3 rings (SSSR count). The molecule has 1 aliphatic heterocycles. The number of rotatable bonds is 2. The van der Waals surface area contributed by atoms with Crippen molar-refractivity contribution in [3.63, 3.8) is 0 Å². The second-order valence-corrected chi connectivity index (χ2v) is 6.21. The molecule has 0 spiro atoms. The van der Waals surface area contributed by atoms with Crippen molar-refractivity contribution in [1.82, 2.24) is 4.90 Å². The van der Waals surface area contributed by atoms with Crippen LogP contribution in [0.3, 0.4) is 0 Å². The molecule has 0 bridgehead atoms. The predicted molar refractivity (Wildman–Crippen MR) is 85.1 cm³/mol. The van der Waals surface area contributed by atoms with Gasteiger partial charge in [-0.3, -0.25) is 4.79 Å². The molecular weight excluding hydrogens is 368 g/mol. The lowest BCUT2D eigenvalue weighted by Crippen LogP contribution is -2.42. The van der Waals surface area contributed by atoms with E-state index in [1.165, 1.54) is 18.2 Å². The number of ether oxygens (including phenoxy) is 1. The lowest BCUT2D eigenvalue weighted by atomic mass is 10.1. The Hall–Kier alpha value is -1.79. The van der Waals surface area contributed by atoms with Gasteiger partial charge in [-0.2, -0.15) is 0 Å². The molecule has 1 heterocycles. The zero-order valence-corrected chi connectivity index (χ0v) is 13.7. The van der Waals surface area contributed by atoms with Gasteiger partial charge in [-0.1, -0.05) is 34.1 Å². The van der Waals surface area contributed by atoms with E-state index in [0.29, 0.717) is 23.2 Å². The molecule has 23 heavy (non-hydrogen) atoms. The Kier molecular flexibility index (Phi) is 4.73. The number of halogens is 3. The van der Waals surface area contributed by atoms with Gasteiger partial charge in [0.2, 0.25) is 0 Å². The predicted octanol–water partition coefficient (Wildman–Crippen LogP) is 3.94. The molecule has 1 saturated heterocycles. The van der Waals surface area contributed by atoms with Crippen molar-refractivity contribution in [3.05, 3.63) is 69.7 Å². The SMILES string of the molecule is O=C(c1cc(F)cc(Br)c1)N1CCOC(c2ccccc2F)C1. The maximum absolute atomic E-state index is 13.9. The zero-order valence-electron chi connectivity index (χ0n) is 12.1. The highest BCUT2D eigenvalue weighted by Crippen LogP contribution is 2.26. The maximum atomic E-state index is 13.9. The summed E-state index contributed by atoms with van der Waals surface area (Å²) in [5, 5.41) is 0. The molecule has 1 amide bonds. The Labute approximate surface area is 141 Å². The number of morpholine rings is 1. The number of carbonyl (C=O) groups is 1. The number of carbonyl (C=O) groups excluding carboxylic acids is 1. The van der Waals surface area contributed by atoms with Crippen LogP contribution in [0.25, 0.3) is 0 Å². The van der Waals surface area contributed by atoms with E-state index < -0.39 is 11.9 Å². The molecule has 1 atom stereocenters. The van der Waals surface area contributed by atoms with Crippen LogP contribution in [0, 0.1) is 11.6 Å². The smallest absolute Gasteiger partial charge is 0.254 e. The fraction of sp³-hybridized carbons (Fsp3) is 0.235. The summed E-state index contributed by atoms with van der Waals surface area (Å²) in [6, 6.07) is 10.4. The molecule has 2 aromatic rings. The number of benzene rings is 2. The van der Waals surface area contributed by atoms with Gasteiger partial charge in [0.25, 0.3) is 5.91 Å². The number of hydrogen-bond donors (Lipinski definition) is 0. The number of amides is 1. The first-order valence-corrected chi connectivity index (χ1v) is 7.95. The van der Waals surface area contributed by atoms with Gasteiger partial charge in [-0.05, 0) is 24.3 Å². The molecule has 0 N–H and O–H groups in total. The van der Waals surface area contributed by atoms with Crippen molar-refractivity contribution in [3.8, 4) is 0 Å². The van der Waals surface area contributed by atoms with Gasteiger partial charge in [0.05, 0.1) is 13.2 Å². The third-order valence-electron chi connectivity index (χ3n) is 3.72. The fourth-order valence-corrected chi connectivity index (χ4v) is 3.08. The third-order valence-corrected chi connectivity index (χ3v) is 4.17. The largest absolute Gasteiger partial charge is 0.370 e. The van der Waals surface area contributed by atoms with Crippen molar-refractivity contribution >= 4 is 21.8 Å². The number of hydrogen-bond acceptors (Lipinski definition) is 2. The molecule has 3 nitrogen and oxygen atoms in total. The minimum absolute atomic E-state index is 0.230. The first-order valence-electron chi connectivity index (χ1n) is 7.16. The quantitative estimate of drug-likeness (QED) is 0.788. The van der Waals surface area contributed by atoms with Crippen LogP contribution in [0.5, 0.6) is 0 Å². The first kappa shape index (κ1) is 16.1. The first-order chi connectivity index (χ1) is 11.0. The molecule has 1 unspecified atom stereocenters. The Morgan fingerprint density at radius 2 is 2.00 bits per heavy atom. The number of nitrogens with zero attached hydrogens (tertiary/aromatic N) is 1. The van der Waals surface area contributed by atoms with Crippen molar-refractivity contribution < 1.29 is 18.3 Å². The van der Waals surface area contributed by atoms with E-state index in [-0.39, 0.29) is 23.8 Å². The zero-order chi connectivity index (χ0) is 16.4. The Balaban J connectivity index is 1.81. The van der Waals surface area contributed by atoms with Gasteiger partial charge in [-0.25, -0.2) is 8.78 Å². The minimum Gasteiger partial charge on any atom is -0.370 e. The highest BCUT2D eigenvalue weighted by atomic mass is 79.9. The molecule has 6 heteroatoms. The second kappa shape index (κ2) is 6.76. The average molecular weight is 382 g/mol. The standard InChI is InChI=1S/C17H14BrF2NO2/c18-12-7-11(8-13(19)9-12)17(22)21-5-6-23-16(10-21)14-3-1-2-4-15(14)20/h1-4,7-9,16H,5-6,10H2.